The van der Waals surface area contributed by atoms with Gasteiger partial charge in [0.15, 0.2) is 0 Å². The van der Waals surface area contributed by atoms with E-state index in [9.17, 15) is 62.3 Å². The molecule has 2 amide bonds. The Labute approximate surface area is 438 Å². The van der Waals surface area contributed by atoms with Gasteiger partial charge in [0.05, 0.1) is 73.9 Å². The number of carbonyl (C=O) groups is 4. The first-order valence-electron chi connectivity index (χ1n) is 23.0. The molecule has 6 aromatic rings. The minimum absolute atomic E-state index is 0.0641. The van der Waals surface area contributed by atoms with Crippen LogP contribution in [0.1, 0.15) is 67.5 Å². The van der Waals surface area contributed by atoms with Gasteiger partial charge in [-0.25, -0.2) is 9.59 Å². The van der Waals surface area contributed by atoms with Gasteiger partial charge in [-0.05, 0) is 69.8 Å². The normalized spacial score (nSPS) is 12.6. The Hall–Kier alpha value is -7.80. The average Bonchev–Trinajstić information content (AvgIpc) is 3.42. The maximum absolute atomic E-state index is 13.2. The first-order valence-corrected chi connectivity index (χ1v) is 23.0. The van der Waals surface area contributed by atoms with Gasteiger partial charge in [0, 0.05) is 11.8 Å². The number of alkyl halides is 12. The molecule has 78 heavy (non-hydrogen) atoms. The number of carboxylic acids is 2. The maximum Gasteiger partial charge on any atom is 0.416 e. The van der Waals surface area contributed by atoms with Crippen LogP contribution in [0.4, 0.5) is 52.7 Å². The van der Waals surface area contributed by atoms with Crippen LogP contribution < -0.4 is 22.1 Å². The molecule has 6 rings (SSSR count). The fraction of sp³-hybridized carbons (Fsp3) is 0.259. The third kappa shape index (κ3) is 20.0. The molecule has 0 spiro atoms. The number of aliphatic carboxylic acids is 2. The van der Waals surface area contributed by atoms with E-state index in [0.717, 1.165) is 22.3 Å². The lowest BCUT2D eigenvalue weighted by molar-refractivity contribution is -0.159. The number of carboxylic acid groups (broad SMARTS) is 2. The number of hydrogen-bond acceptors (Lipinski definition) is 8. The Morgan fingerprint density at radius 1 is 0.410 bits per heavy atom. The Morgan fingerprint density at radius 2 is 0.641 bits per heavy atom. The molecule has 418 valence electrons. The van der Waals surface area contributed by atoms with E-state index in [1.807, 2.05) is 121 Å². The molecule has 2 atom stereocenters. The third-order valence-electron chi connectivity index (χ3n) is 11.1. The summed E-state index contributed by atoms with van der Waals surface area (Å²) >= 11 is 0. The Kier molecular flexibility index (Phi) is 23.0. The maximum atomic E-state index is 13.2. The molecule has 0 saturated carbocycles. The van der Waals surface area contributed by atoms with E-state index in [-0.39, 0.29) is 49.6 Å². The van der Waals surface area contributed by atoms with Crippen molar-refractivity contribution in [3.63, 3.8) is 0 Å². The molecule has 0 fully saturated rings. The molecular weight excluding hydrogens is 1060 g/mol. The number of amides is 2. The molecule has 0 radical (unpaired) electrons. The number of ether oxygens (including phenoxy) is 2. The number of benzene rings is 6. The number of carbonyl (C=O) groups excluding carboxylic acids is 2. The van der Waals surface area contributed by atoms with Gasteiger partial charge in [0.1, 0.15) is 0 Å². The van der Waals surface area contributed by atoms with Crippen molar-refractivity contribution in [2.45, 2.75) is 61.8 Å². The van der Waals surface area contributed by atoms with E-state index in [1.165, 1.54) is 0 Å². The molecule has 24 heteroatoms. The van der Waals surface area contributed by atoms with Gasteiger partial charge in [-0.2, -0.15) is 52.7 Å². The largest absolute Gasteiger partial charge is 0.473 e. The van der Waals surface area contributed by atoms with Crippen molar-refractivity contribution in [1.29, 1.82) is 0 Å². The summed E-state index contributed by atoms with van der Waals surface area (Å²) in [6.07, 6.45) is -19.8. The molecule has 12 nitrogen and oxygen atoms in total. The summed E-state index contributed by atoms with van der Waals surface area (Å²) in [5, 5.41) is 20.3. The molecule has 8 N–H and O–H groups in total. The van der Waals surface area contributed by atoms with Crippen molar-refractivity contribution in [3.8, 4) is 0 Å². The van der Waals surface area contributed by atoms with Gasteiger partial charge in [-0.1, -0.05) is 121 Å². The molecule has 0 bridgehead atoms. The van der Waals surface area contributed by atoms with Crippen molar-refractivity contribution in [2.75, 3.05) is 26.3 Å². The van der Waals surface area contributed by atoms with Crippen LogP contribution in [0.2, 0.25) is 0 Å². The van der Waals surface area contributed by atoms with Crippen LogP contribution in [0.15, 0.2) is 158 Å². The summed E-state index contributed by atoms with van der Waals surface area (Å²) in [7, 11) is 0. The molecule has 0 aliphatic rings. The quantitative estimate of drug-likeness (QED) is 0.0355. The van der Waals surface area contributed by atoms with Gasteiger partial charge in [0.25, 0.3) is 0 Å². The minimum Gasteiger partial charge on any atom is -0.473 e. The van der Waals surface area contributed by atoms with E-state index in [1.54, 1.807) is 0 Å². The fourth-order valence-corrected chi connectivity index (χ4v) is 7.74. The van der Waals surface area contributed by atoms with Crippen LogP contribution in [0.25, 0.3) is 0 Å². The van der Waals surface area contributed by atoms with Crippen LogP contribution in [0.5, 0.6) is 0 Å². The van der Waals surface area contributed by atoms with Crippen molar-refractivity contribution in [2.24, 2.45) is 11.5 Å². The van der Waals surface area contributed by atoms with E-state index >= 15 is 0 Å². The van der Waals surface area contributed by atoms with Crippen molar-refractivity contribution >= 4 is 23.8 Å². The lowest BCUT2D eigenvalue weighted by Gasteiger charge is -2.29. The fourth-order valence-electron chi connectivity index (χ4n) is 7.74. The zero-order valence-corrected chi connectivity index (χ0v) is 40.6. The lowest BCUT2D eigenvalue weighted by atomic mass is 9.85. The molecule has 0 aliphatic carbocycles. The molecule has 2 unspecified atom stereocenters. The number of hydrogen-bond donors (Lipinski definition) is 6. The number of nitrogens with one attached hydrogen (secondary N) is 2. The van der Waals surface area contributed by atoms with Gasteiger partial charge in [-0.3, -0.25) is 9.59 Å². The van der Waals surface area contributed by atoms with Crippen LogP contribution >= 0.6 is 0 Å². The minimum atomic E-state index is -4.96. The molecule has 0 aliphatic heterocycles. The lowest BCUT2D eigenvalue weighted by Crippen LogP contribution is -2.45. The summed E-state index contributed by atoms with van der Waals surface area (Å²) in [5.74, 6) is -5.46. The van der Waals surface area contributed by atoms with Crippen molar-refractivity contribution in [1.82, 2.24) is 10.6 Å². The summed E-state index contributed by atoms with van der Waals surface area (Å²) in [4.78, 5) is 42.6. The van der Waals surface area contributed by atoms with E-state index in [0.29, 0.717) is 24.3 Å². The van der Waals surface area contributed by atoms with Crippen LogP contribution in [0, 0.1) is 0 Å². The molecule has 0 heterocycles. The summed E-state index contributed by atoms with van der Waals surface area (Å²) < 4.78 is 169. The van der Waals surface area contributed by atoms with E-state index in [4.69, 9.17) is 40.7 Å². The number of rotatable bonds is 18. The molecular formula is C54H50F12N4O8. The Balaban J connectivity index is 0.000000304. The predicted molar refractivity (Wildman–Crippen MR) is 259 cm³/mol. The Bertz CT molecular complexity index is 2520. The molecule has 0 saturated heterocycles. The SMILES string of the molecule is NCC(=O)NC(COCc1cc(C(F)(F)F)cc(C(F)(F)F)c1)C(c1ccccc1)c1ccccc1.NCC(=O)NC(COCc1cc(C(F)(F)F)cc(C(F)(F)F)c1)C(c1ccccc1)c1ccccc1.O=C(O)C(=O)O. The highest BCUT2D eigenvalue weighted by atomic mass is 19.4. The highest BCUT2D eigenvalue weighted by Gasteiger charge is 2.39. The van der Waals surface area contributed by atoms with Gasteiger partial charge in [0.2, 0.25) is 11.8 Å². The monoisotopic (exact) mass is 1110 g/mol. The molecule has 6 aromatic carbocycles. The number of halogens is 12. The smallest absolute Gasteiger partial charge is 0.416 e. The summed E-state index contributed by atoms with van der Waals surface area (Å²) in [6, 6.07) is 37.8. The predicted octanol–water partition coefficient (Wildman–Crippen LogP) is 10.2. The summed E-state index contributed by atoms with van der Waals surface area (Å²) in [5.41, 5.74) is 7.97. The second kappa shape index (κ2) is 28.5. The second-order valence-corrected chi connectivity index (χ2v) is 16.8. The highest BCUT2D eigenvalue weighted by molar-refractivity contribution is 6.27. The third-order valence-corrected chi connectivity index (χ3v) is 11.1. The molecule has 0 aromatic heterocycles. The average molecular weight is 1110 g/mol. The van der Waals surface area contributed by atoms with E-state index in [2.05, 4.69) is 10.6 Å². The topological polar surface area (TPSA) is 203 Å². The van der Waals surface area contributed by atoms with E-state index < -0.39 is 108 Å². The highest BCUT2D eigenvalue weighted by Crippen LogP contribution is 2.39. The van der Waals surface area contributed by atoms with Crippen LogP contribution in [0.3, 0.4) is 0 Å². The zero-order valence-electron chi connectivity index (χ0n) is 40.6. The van der Waals surface area contributed by atoms with Gasteiger partial charge in [-0.15, -0.1) is 0 Å². The van der Waals surface area contributed by atoms with Crippen molar-refractivity contribution in [3.05, 3.63) is 213 Å². The van der Waals surface area contributed by atoms with Gasteiger partial charge >= 0.3 is 36.6 Å². The summed E-state index contributed by atoms with van der Waals surface area (Å²) in [6.45, 7) is -2.07. The standard InChI is InChI=1S/2C26H24F6N2O2.C2H2O4/c2*27-25(28,29)20-11-17(12-21(13-20)26(30,31)32)15-36-16-22(34-23(35)14-33)24(18-7-3-1-4-8-18)19-9-5-2-6-10-19;3-1(4)2(5)6/h2*1-13,22,24H,14-16,33H2,(H,34,35);(H,3,4)(H,5,6). The van der Waals surface area contributed by atoms with Crippen LogP contribution in [-0.4, -0.2) is 72.4 Å². The van der Waals surface area contributed by atoms with Crippen molar-refractivity contribution < 1.29 is 91.5 Å². The van der Waals surface area contributed by atoms with Crippen LogP contribution in [-0.2, 0) is 66.6 Å². The number of nitrogens with two attached hydrogens (primary N) is 2. The first kappa shape index (κ1) is 62.7. The Morgan fingerprint density at radius 3 is 0.833 bits per heavy atom. The zero-order chi connectivity index (χ0) is 57.8. The second-order valence-electron chi connectivity index (χ2n) is 16.8. The first-order chi connectivity index (χ1) is 36.6. The van der Waals surface area contributed by atoms with Gasteiger partial charge < -0.3 is 41.8 Å².